The number of hydrogen-bond acceptors (Lipinski definition) is 5. The molecule has 0 aliphatic rings. The fourth-order valence-electron chi connectivity index (χ4n) is 2.28. The molecule has 124 valence electrons. The van der Waals surface area contributed by atoms with E-state index in [0.29, 0.717) is 16.0 Å². The van der Waals surface area contributed by atoms with Crippen LogP contribution in [0.2, 0.25) is 0 Å². The van der Waals surface area contributed by atoms with Gasteiger partial charge < -0.3 is 19.2 Å². The van der Waals surface area contributed by atoms with E-state index in [0.717, 1.165) is 22.4 Å². The van der Waals surface area contributed by atoms with Gasteiger partial charge in [0.25, 0.3) is 0 Å². The highest BCUT2D eigenvalue weighted by molar-refractivity contribution is 9.10. The number of carbonyl (C=O) groups excluding carboxylic acids is 1. The van der Waals surface area contributed by atoms with Gasteiger partial charge in [-0.1, -0.05) is 12.1 Å². The van der Waals surface area contributed by atoms with Gasteiger partial charge in [0, 0.05) is 5.56 Å². The number of halogens is 1. The largest absolute Gasteiger partial charge is 0.493 e. The zero-order chi connectivity index (χ0) is 17.1. The second kappa shape index (κ2) is 6.92. The number of esters is 1. The van der Waals surface area contributed by atoms with Gasteiger partial charge in [0.15, 0.2) is 18.1 Å². The van der Waals surface area contributed by atoms with Gasteiger partial charge in [0.05, 0.1) is 29.7 Å². The second-order valence-electron chi connectivity index (χ2n) is 4.96. The predicted molar refractivity (Wildman–Crippen MR) is 93.3 cm³/mol. The summed E-state index contributed by atoms with van der Waals surface area (Å²) in [5, 5.41) is 0. The molecule has 1 aromatic heterocycles. The number of aromatic amines is 1. The number of aromatic nitrogens is 2. The maximum Gasteiger partial charge on any atom is 0.343 e. The number of rotatable bonds is 5. The molecule has 0 radical (unpaired) electrons. The highest BCUT2D eigenvalue weighted by Gasteiger charge is 2.16. The van der Waals surface area contributed by atoms with Crippen molar-refractivity contribution in [3.63, 3.8) is 0 Å². The molecule has 3 aromatic rings. The molecule has 0 spiro atoms. The van der Waals surface area contributed by atoms with Crippen molar-refractivity contribution in [1.29, 1.82) is 0 Å². The van der Waals surface area contributed by atoms with Crippen LogP contribution in [-0.4, -0.2) is 36.8 Å². The zero-order valence-corrected chi connectivity index (χ0v) is 14.7. The predicted octanol–water partition coefficient (Wildman–Crippen LogP) is 3.55. The van der Waals surface area contributed by atoms with Crippen LogP contribution in [0.4, 0.5) is 0 Å². The molecule has 1 heterocycles. The number of benzene rings is 2. The lowest BCUT2D eigenvalue weighted by molar-refractivity contribution is -0.142. The summed E-state index contributed by atoms with van der Waals surface area (Å²) in [4.78, 5) is 19.1. The van der Waals surface area contributed by atoms with Crippen molar-refractivity contribution >= 4 is 32.9 Å². The molecule has 24 heavy (non-hydrogen) atoms. The van der Waals surface area contributed by atoms with Crippen molar-refractivity contribution in [2.24, 2.45) is 0 Å². The third kappa shape index (κ3) is 3.21. The van der Waals surface area contributed by atoms with Crippen LogP contribution in [0.3, 0.4) is 0 Å². The summed E-state index contributed by atoms with van der Waals surface area (Å²) in [5.41, 5.74) is 2.67. The summed E-state index contributed by atoms with van der Waals surface area (Å²) in [6.07, 6.45) is 0. The standard InChI is InChI=1S/C17H15BrN2O4/c1-22-14-8-10(7-11(18)16(14)24-9-15(21)23-2)17-19-12-5-3-4-6-13(12)20-17/h3-8H,9H2,1-2H3,(H,19,20). The van der Waals surface area contributed by atoms with E-state index in [9.17, 15) is 4.79 Å². The Morgan fingerprint density at radius 1 is 1.25 bits per heavy atom. The van der Waals surface area contributed by atoms with Gasteiger partial charge in [-0.25, -0.2) is 9.78 Å². The number of H-pyrrole nitrogens is 1. The Morgan fingerprint density at radius 3 is 2.75 bits per heavy atom. The molecule has 0 amide bonds. The van der Waals surface area contributed by atoms with Gasteiger partial charge in [0.2, 0.25) is 0 Å². The summed E-state index contributed by atoms with van der Waals surface area (Å²) >= 11 is 3.45. The fourth-order valence-corrected chi connectivity index (χ4v) is 2.83. The van der Waals surface area contributed by atoms with Crippen LogP contribution in [0.5, 0.6) is 11.5 Å². The molecule has 6 nitrogen and oxygen atoms in total. The van der Waals surface area contributed by atoms with Crippen molar-refractivity contribution < 1.29 is 19.0 Å². The minimum atomic E-state index is -0.467. The van der Waals surface area contributed by atoms with E-state index in [4.69, 9.17) is 9.47 Å². The fraction of sp³-hybridized carbons (Fsp3) is 0.176. The molecule has 0 aliphatic heterocycles. The Bertz CT molecular complexity index is 858. The molecular formula is C17H15BrN2O4. The van der Waals surface area contributed by atoms with Crippen LogP contribution in [0.15, 0.2) is 40.9 Å². The number of carbonyl (C=O) groups is 1. The van der Waals surface area contributed by atoms with E-state index in [1.807, 2.05) is 30.3 Å². The van der Waals surface area contributed by atoms with Gasteiger partial charge in [-0.3, -0.25) is 0 Å². The number of hydrogen-bond donors (Lipinski definition) is 1. The van der Waals surface area contributed by atoms with Gasteiger partial charge in [0.1, 0.15) is 5.82 Å². The third-order valence-corrected chi connectivity index (χ3v) is 4.04. The van der Waals surface area contributed by atoms with Crippen LogP contribution >= 0.6 is 15.9 Å². The van der Waals surface area contributed by atoms with Gasteiger partial charge in [-0.15, -0.1) is 0 Å². The first-order chi connectivity index (χ1) is 11.6. The molecule has 7 heteroatoms. The van der Waals surface area contributed by atoms with Crippen LogP contribution in [0.1, 0.15) is 0 Å². The van der Waals surface area contributed by atoms with Gasteiger partial charge >= 0.3 is 5.97 Å². The molecule has 0 aliphatic carbocycles. The molecule has 0 atom stereocenters. The lowest BCUT2D eigenvalue weighted by Gasteiger charge is -2.13. The first-order valence-electron chi connectivity index (χ1n) is 7.14. The number of methoxy groups -OCH3 is 2. The Kier molecular flexibility index (Phi) is 4.71. The number of imidazole rings is 1. The maximum atomic E-state index is 11.3. The van der Waals surface area contributed by atoms with E-state index in [2.05, 4.69) is 30.6 Å². The smallest absolute Gasteiger partial charge is 0.343 e. The summed E-state index contributed by atoms with van der Waals surface area (Å²) in [7, 11) is 2.85. The second-order valence-corrected chi connectivity index (χ2v) is 5.81. The third-order valence-electron chi connectivity index (χ3n) is 3.45. The Balaban J connectivity index is 1.98. The van der Waals surface area contributed by atoms with Crippen LogP contribution in [0.25, 0.3) is 22.4 Å². The Morgan fingerprint density at radius 2 is 2.04 bits per heavy atom. The first kappa shape index (κ1) is 16.3. The molecule has 2 aromatic carbocycles. The zero-order valence-electron chi connectivity index (χ0n) is 13.1. The topological polar surface area (TPSA) is 73.4 Å². The van der Waals surface area contributed by atoms with Crippen molar-refractivity contribution in [2.75, 3.05) is 20.8 Å². The molecule has 0 saturated heterocycles. The van der Waals surface area contributed by atoms with E-state index in [1.54, 1.807) is 6.07 Å². The SMILES string of the molecule is COC(=O)COc1c(Br)cc(-c2nc3ccccc3[nH]2)cc1OC. The van der Waals surface area contributed by atoms with Gasteiger partial charge in [-0.05, 0) is 40.2 Å². The number of fused-ring (bicyclic) bond motifs is 1. The average Bonchev–Trinajstić information content (AvgIpc) is 3.03. The molecule has 0 fully saturated rings. The lowest BCUT2D eigenvalue weighted by Crippen LogP contribution is -2.13. The lowest BCUT2D eigenvalue weighted by atomic mass is 10.2. The summed E-state index contributed by atoms with van der Waals surface area (Å²) < 4.78 is 16.1. The first-order valence-corrected chi connectivity index (χ1v) is 7.94. The van der Waals surface area contributed by atoms with Crippen LogP contribution < -0.4 is 9.47 Å². The molecule has 0 saturated carbocycles. The van der Waals surface area contributed by atoms with Crippen LogP contribution in [-0.2, 0) is 9.53 Å². The molecular weight excluding hydrogens is 376 g/mol. The number of nitrogens with one attached hydrogen (secondary N) is 1. The molecule has 1 N–H and O–H groups in total. The summed E-state index contributed by atoms with van der Waals surface area (Å²) in [5.74, 6) is 1.17. The monoisotopic (exact) mass is 390 g/mol. The normalized spacial score (nSPS) is 10.6. The van der Waals surface area contributed by atoms with E-state index in [1.165, 1.54) is 14.2 Å². The van der Waals surface area contributed by atoms with Crippen molar-refractivity contribution in [1.82, 2.24) is 9.97 Å². The summed E-state index contributed by atoms with van der Waals surface area (Å²) in [6.45, 7) is -0.199. The number of ether oxygens (including phenoxy) is 3. The molecule has 3 rings (SSSR count). The van der Waals surface area contributed by atoms with E-state index >= 15 is 0 Å². The number of para-hydroxylation sites is 2. The average molecular weight is 391 g/mol. The molecule has 0 bridgehead atoms. The van der Waals surface area contributed by atoms with Crippen molar-refractivity contribution in [2.45, 2.75) is 0 Å². The Hall–Kier alpha value is -2.54. The maximum absolute atomic E-state index is 11.3. The van der Waals surface area contributed by atoms with Gasteiger partial charge in [-0.2, -0.15) is 0 Å². The van der Waals surface area contributed by atoms with Crippen LogP contribution in [0, 0.1) is 0 Å². The minimum absolute atomic E-state index is 0.199. The Labute approximate surface area is 146 Å². The minimum Gasteiger partial charge on any atom is -0.493 e. The quantitative estimate of drug-likeness (QED) is 0.674. The van der Waals surface area contributed by atoms with E-state index < -0.39 is 5.97 Å². The molecule has 0 unspecified atom stereocenters. The van der Waals surface area contributed by atoms with E-state index in [-0.39, 0.29) is 6.61 Å². The van der Waals surface area contributed by atoms with Crippen molar-refractivity contribution in [3.05, 3.63) is 40.9 Å². The van der Waals surface area contributed by atoms with Crippen molar-refractivity contribution in [3.8, 4) is 22.9 Å². The number of nitrogens with zero attached hydrogens (tertiary/aromatic N) is 1. The highest BCUT2D eigenvalue weighted by Crippen LogP contribution is 2.39. The summed E-state index contributed by atoms with van der Waals surface area (Å²) in [6, 6.07) is 11.4. The highest BCUT2D eigenvalue weighted by atomic mass is 79.9.